The van der Waals surface area contributed by atoms with Crippen LogP contribution < -0.4 is 10.5 Å². The van der Waals surface area contributed by atoms with Gasteiger partial charge in [-0.05, 0) is 36.6 Å². The number of hydrogen-bond acceptors (Lipinski definition) is 5. The van der Waals surface area contributed by atoms with Crippen LogP contribution in [0, 0.1) is 5.92 Å². The monoisotopic (exact) mass is 319 g/mol. The molecule has 3 rings (SSSR count). The molecule has 2 heterocycles. The van der Waals surface area contributed by atoms with Crippen LogP contribution in [0.15, 0.2) is 22.7 Å². The van der Waals surface area contributed by atoms with Crippen molar-refractivity contribution < 1.29 is 9.26 Å². The zero-order chi connectivity index (χ0) is 15.7. The Morgan fingerprint density at radius 2 is 2.18 bits per heavy atom. The second-order valence-electron chi connectivity index (χ2n) is 5.83. The summed E-state index contributed by atoms with van der Waals surface area (Å²) in [4.78, 5) is 4.40. The largest absolute Gasteiger partial charge is 0.488 e. The summed E-state index contributed by atoms with van der Waals surface area (Å²) >= 11 is 6.01. The summed E-state index contributed by atoms with van der Waals surface area (Å²) in [7, 11) is 0. The zero-order valence-corrected chi connectivity index (χ0v) is 13.3. The number of ether oxygens (including phenoxy) is 1. The number of nitrogens with two attached hydrogens (primary N) is 1. The Hall–Kier alpha value is -1.85. The molecule has 0 aliphatic carbocycles. The molecule has 1 aromatic carbocycles. The van der Waals surface area contributed by atoms with Gasteiger partial charge in [-0.15, -0.1) is 0 Å². The van der Waals surface area contributed by atoms with E-state index in [9.17, 15) is 0 Å². The minimum Gasteiger partial charge on any atom is -0.488 e. The first-order chi connectivity index (χ1) is 10.5. The van der Waals surface area contributed by atoms with Crippen LogP contribution in [0.2, 0.25) is 5.02 Å². The number of fused-ring (bicyclic) bond motifs is 1. The Bertz CT molecular complexity index is 709. The van der Waals surface area contributed by atoms with Crippen molar-refractivity contribution in [1.29, 1.82) is 0 Å². The zero-order valence-electron chi connectivity index (χ0n) is 12.5. The lowest BCUT2D eigenvalue weighted by Gasteiger charge is -2.16. The molecule has 0 bridgehead atoms. The summed E-state index contributed by atoms with van der Waals surface area (Å²) in [6, 6.07) is 5.26. The molecule has 0 fully saturated rings. The third-order valence-electron chi connectivity index (χ3n) is 3.46. The van der Waals surface area contributed by atoms with Gasteiger partial charge in [0.05, 0.1) is 6.04 Å². The van der Waals surface area contributed by atoms with Crippen molar-refractivity contribution in [2.75, 3.05) is 6.61 Å². The van der Waals surface area contributed by atoms with Gasteiger partial charge in [-0.1, -0.05) is 30.6 Å². The first-order valence-electron chi connectivity index (χ1n) is 7.25. The Balaban J connectivity index is 1.85. The van der Waals surface area contributed by atoms with Crippen molar-refractivity contribution in [2.45, 2.75) is 26.3 Å². The maximum Gasteiger partial charge on any atom is 0.243 e. The molecule has 0 spiro atoms. The highest BCUT2D eigenvalue weighted by atomic mass is 35.5. The maximum absolute atomic E-state index is 6.07. The highest BCUT2D eigenvalue weighted by molar-refractivity contribution is 6.30. The van der Waals surface area contributed by atoms with Gasteiger partial charge in [0.1, 0.15) is 12.4 Å². The van der Waals surface area contributed by atoms with Gasteiger partial charge in [0.15, 0.2) is 0 Å². The molecular formula is C16H18ClN3O2. The predicted octanol–water partition coefficient (Wildman–Crippen LogP) is 3.70. The van der Waals surface area contributed by atoms with Gasteiger partial charge in [-0.2, -0.15) is 4.98 Å². The van der Waals surface area contributed by atoms with Crippen molar-refractivity contribution in [3.05, 3.63) is 40.5 Å². The first-order valence-corrected chi connectivity index (χ1v) is 7.63. The highest BCUT2D eigenvalue weighted by Gasteiger charge is 2.20. The molecule has 116 valence electrons. The second-order valence-corrected chi connectivity index (χ2v) is 6.27. The molecule has 1 aliphatic rings. The fourth-order valence-corrected chi connectivity index (χ4v) is 2.58. The van der Waals surface area contributed by atoms with Crippen molar-refractivity contribution in [3.8, 4) is 5.75 Å². The lowest BCUT2D eigenvalue weighted by Crippen LogP contribution is -2.13. The van der Waals surface area contributed by atoms with E-state index in [1.54, 1.807) is 6.07 Å². The van der Waals surface area contributed by atoms with Gasteiger partial charge in [-0.3, -0.25) is 0 Å². The smallest absolute Gasteiger partial charge is 0.243 e. The number of halogens is 1. The topological polar surface area (TPSA) is 74.2 Å². The maximum atomic E-state index is 6.07. The van der Waals surface area contributed by atoms with Crippen LogP contribution in [0.3, 0.4) is 0 Å². The molecule has 22 heavy (non-hydrogen) atoms. The predicted molar refractivity (Wildman–Crippen MR) is 85.5 cm³/mol. The molecule has 0 radical (unpaired) electrons. The molecule has 0 saturated heterocycles. The molecule has 0 unspecified atom stereocenters. The van der Waals surface area contributed by atoms with E-state index in [1.165, 1.54) is 0 Å². The van der Waals surface area contributed by atoms with Crippen LogP contribution in [0.25, 0.3) is 11.6 Å². The number of benzene rings is 1. The van der Waals surface area contributed by atoms with Gasteiger partial charge in [-0.25, -0.2) is 0 Å². The van der Waals surface area contributed by atoms with Crippen LogP contribution in [-0.2, 0) is 0 Å². The molecular weight excluding hydrogens is 302 g/mol. The Kier molecular flexibility index (Phi) is 4.18. The van der Waals surface area contributed by atoms with E-state index >= 15 is 0 Å². The van der Waals surface area contributed by atoms with Crippen LogP contribution in [0.1, 0.15) is 43.6 Å². The van der Waals surface area contributed by atoms with Crippen molar-refractivity contribution >= 4 is 23.3 Å². The Morgan fingerprint density at radius 3 is 2.95 bits per heavy atom. The number of hydrogen-bond donors (Lipinski definition) is 1. The number of nitrogens with zero attached hydrogens (tertiary/aromatic N) is 2. The summed E-state index contributed by atoms with van der Waals surface area (Å²) < 4.78 is 11.0. The second kappa shape index (κ2) is 6.10. The Labute approximate surface area is 134 Å². The summed E-state index contributed by atoms with van der Waals surface area (Å²) in [5, 5.41) is 4.68. The normalized spacial score (nSPS) is 15.2. The molecule has 1 aliphatic heterocycles. The fourth-order valence-electron chi connectivity index (χ4n) is 2.40. The van der Waals surface area contributed by atoms with Crippen molar-refractivity contribution in [2.24, 2.45) is 11.7 Å². The molecule has 5 nitrogen and oxygen atoms in total. The van der Waals surface area contributed by atoms with E-state index in [0.717, 1.165) is 23.3 Å². The standard InChI is InChI=1S/C16H18ClN3O2/c1-9(2)5-13(18)16-19-15(20-22-16)11-6-10-7-12(17)3-4-14(10)21-8-11/h3-4,6-7,9,13H,5,8,18H2,1-2H3/t13-/m0/s1. The van der Waals surface area contributed by atoms with Crippen molar-refractivity contribution in [3.63, 3.8) is 0 Å². The van der Waals surface area contributed by atoms with E-state index < -0.39 is 0 Å². The van der Waals surface area contributed by atoms with Gasteiger partial charge in [0.25, 0.3) is 0 Å². The van der Waals surface area contributed by atoms with Crippen LogP contribution in [0.4, 0.5) is 0 Å². The molecule has 0 saturated carbocycles. The van der Waals surface area contributed by atoms with E-state index in [4.69, 9.17) is 26.6 Å². The summed E-state index contributed by atoms with van der Waals surface area (Å²) in [5.74, 6) is 2.24. The first kappa shape index (κ1) is 15.1. The summed E-state index contributed by atoms with van der Waals surface area (Å²) in [6.07, 6.45) is 2.77. The molecule has 6 heteroatoms. The van der Waals surface area contributed by atoms with Crippen LogP contribution >= 0.6 is 11.6 Å². The van der Waals surface area contributed by atoms with Gasteiger partial charge >= 0.3 is 0 Å². The summed E-state index contributed by atoms with van der Waals surface area (Å²) in [5.41, 5.74) is 7.83. The number of rotatable bonds is 4. The van der Waals surface area contributed by atoms with E-state index in [-0.39, 0.29) is 6.04 Å². The van der Waals surface area contributed by atoms with Gasteiger partial charge in [0.2, 0.25) is 11.7 Å². The molecule has 0 amide bonds. The molecule has 2 aromatic rings. The molecule has 2 N–H and O–H groups in total. The third-order valence-corrected chi connectivity index (χ3v) is 3.69. The molecule has 1 atom stereocenters. The quantitative estimate of drug-likeness (QED) is 0.930. The van der Waals surface area contributed by atoms with E-state index in [1.807, 2.05) is 18.2 Å². The van der Waals surface area contributed by atoms with Crippen LogP contribution in [0.5, 0.6) is 5.75 Å². The average Bonchev–Trinajstić information content (AvgIpc) is 2.95. The lowest BCUT2D eigenvalue weighted by atomic mass is 10.0. The Morgan fingerprint density at radius 1 is 1.36 bits per heavy atom. The van der Waals surface area contributed by atoms with Crippen molar-refractivity contribution in [1.82, 2.24) is 10.1 Å². The van der Waals surface area contributed by atoms with Gasteiger partial charge < -0.3 is 15.0 Å². The number of aromatic nitrogens is 2. The van der Waals surface area contributed by atoms with E-state index in [2.05, 4.69) is 24.0 Å². The van der Waals surface area contributed by atoms with E-state index in [0.29, 0.717) is 29.3 Å². The minimum atomic E-state index is -0.243. The minimum absolute atomic E-state index is 0.243. The third kappa shape index (κ3) is 3.15. The molecule has 1 aromatic heterocycles. The summed E-state index contributed by atoms with van der Waals surface area (Å²) in [6.45, 7) is 4.61. The van der Waals surface area contributed by atoms with Gasteiger partial charge in [0, 0.05) is 16.2 Å². The van der Waals surface area contributed by atoms with Crippen LogP contribution in [-0.4, -0.2) is 16.7 Å². The average molecular weight is 320 g/mol. The highest BCUT2D eigenvalue weighted by Crippen LogP contribution is 2.31. The fraction of sp³-hybridized carbons (Fsp3) is 0.375. The SMILES string of the molecule is CC(C)C[C@H](N)c1nc(C2=Cc3cc(Cl)ccc3OC2)no1. The lowest BCUT2D eigenvalue weighted by molar-refractivity contribution is 0.332.